The van der Waals surface area contributed by atoms with Crippen LogP contribution in [0.1, 0.15) is 66.7 Å². The van der Waals surface area contributed by atoms with Crippen LogP contribution in [0.5, 0.6) is 0 Å². The fraction of sp³-hybridized carbons (Fsp3) is 0.400. The summed E-state index contributed by atoms with van der Waals surface area (Å²) in [4.78, 5) is 0. The van der Waals surface area contributed by atoms with Gasteiger partial charge in [-0.2, -0.15) is 5.26 Å². The standard InChI is InChI=1S/C25H26Cl2N4O/c26-19-11-10-17(12-20(19)27)21-18(13-28)24(29)32-25-22(21)23(30-31-25)16-8-6-15(7-9-16)14-4-2-1-3-5-14/h6-12,14,21-23,25,30-31H,1-5,29H2. The van der Waals surface area contributed by atoms with E-state index in [4.69, 9.17) is 33.7 Å². The minimum absolute atomic E-state index is 0.0590. The zero-order valence-electron chi connectivity index (χ0n) is 17.7. The van der Waals surface area contributed by atoms with Crippen molar-refractivity contribution < 1.29 is 4.74 Å². The largest absolute Gasteiger partial charge is 0.458 e. The molecule has 0 aromatic heterocycles. The summed E-state index contributed by atoms with van der Waals surface area (Å²) >= 11 is 12.5. The Kier molecular flexibility index (Phi) is 6.05. The van der Waals surface area contributed by atoms with Crippen LogP contribution in [-0.2, 0) is 4.74 Å². The second-order valence-corrected chi connectivity index (χ2v) is 9.74. The second kappa shape index (κ2) is 8.96. The maximum absolute atomic E-state index is 9.91. The van der Waals surface area contributed by atoms with E-state index in [2.05, 4.69) is 41.2 Å². The minimum Gasteiger partial charge on any atom is -0.458 e. The van der Waals surface area contributed by atoms with Gasteiger partial charge in [0.25, 0.3) is 0 Å². The number of rotatable bonds is 3. The number of nitriles is 1. The zero-order chi connectivity index (χ0) is 22.2. The smallest absolute Gasteiger partial charge is 0.200 e. The Hall–Kier alpha value is -2.23. The van der Waals surface area contributed by atoms with E-state index in [1.807, 2.05) is 12.1 Å². The molecule has 2 aromatic rings. The van der Waals surface area contributed by atoms with Gasteiger partial charge in [0.05, 0.1) is 21.7 Å². The number of ether oxygens (including phenoxy) is 1. The third kappa shape index (κ3) is 3.86. The summed E-state index contributed by atoms with van der Waals surface area (Å²) in [6.45, 7) is 0. The van der Waals surface area contributed by atoms with Gasteiger partial charge in [0.1, 0.15) is 6.07 Å². The molecule has 2 aromatic carbocycles. The molecule has 0 radical (unpaired) electrons. The summed E-state index contributed by atoms with van der Waals surface area (Å²) in [7, 11) is 0. The highest BCUT2D eigenvalue weighted by molar-refractivity contribution is 6.42. The van der Waals surface area contributed by atoms with Crippen molar-refractivity contribution in [2.75, 3.05) is 0 Å². The highest BCUT2D eigenvalue weighted by atomic mass is 35.5. The van der Waals surface area contributed by atoms with Gasteiger partial charge in [0.2, 0.25) is 5.88 Å². The van der Waals surface area contributed by atoms with Gasteiger partial charge >= 0.3 is 0 Å². The number of benzene rings is 2. The predicted octanol–water partition coefficient (Wildman–Crippen LogP) is 5.64. The van der Waals surface area contributed by atoms with Gasteiger partial charge < -0.3 is 10.5 Å². The van der Waals surface area contributed by atoms with Gasteiger partial charge in [-0.3, -0.25) is 0 Å². The van der Waals surface area contributed by atoms with E-state index in [1.165, 1.54) is 37.7 Å². The lowest BCUT2D eigenvalue weighted by molar-refractivity contribution is 0.0340. The molecule has 4 unspecified atom stereocenters. The third-order valence-electron chi connectivity index (χ3n) is 7.13. The maximum atomic E-state index is 9.91. The van der Waals surface area contributed by atoms with Crippen molar-refractivity contribution in [2.45, 2.75) is 56.2 Å². The van der Waals surface area contributed by atoms with Crippen LogP contribution in [-0.4, -0.2) is 6.23 Å². The summed E-state index contributed by atoms with van der Waals surface area (Å²) < 4.78 is 5.89. The number of hydrogen-bond donors (Lipinski definition) is 3. The minimum atomic E-state index is -0.366. The highest BCUT2D eigenvalue weighted by Gasteiger charge is 2.49. The van der Waals surface area contributed by atoms with Crippen molar-refractivity contribution in [1.82, 2.24) is 10.9 Å². The van der Waals surface area contributed by atoms with Crippen molar-refractivity contribution in [2.24, 2.45) is 11.7 Å². The number of allylic oxidation sites excluding steroid dienone is 1. The summed E-state index contributed by atoms with van der Waals surface area (Å²) in [6.07, 6.45) is 6.17. The third-order valence-corrected chi connectivity index (χ3v) is 7.87. The van der Waals surface area contributed by atoms with Crippen LogP contribution < -0.4 is 16.6 Å². The summed E-state index contributed by atoms with van der Waals surface area (Å²) in [5.41, 5.74) is 16.6. The first kappa shape index (κ1) is 21.6. The lowest BCUT2D eigenvalue weighted by Crippen LogP contribution is -2.41. The topological polar surface area (TPSA) is 83.1 Å². The number of fused-ring (bicyclic) bond motifs is 1. The number of halogens is 2. The number of nitrogens with zero attached hydrogens (tertiary/aromatic N) is 1. The first-order chi connectivity index (χ1) is 15.6. The van der Waals surface area contributed by atoms with Crippen LogP contribution in [0, 0.1) is 17.2 Å². The highest BCUT2D eigenvalue weighted by Crippen LogP contribution is 2.48. The molecule has 1 saturated heterocycles. The van der Waals surface area contributed by atoms with E-state index in [0.717, 1.165) is 11.1 Å². The monoisotopic (exact) mass is 468 g/mol. The lowest BCUT2D eigenvalue weighted by Gasteiger charge is -2.36. The van der Waals surface area contributed by atoms with Crippen LogP contribution >= 0.6 is 23.2 Å². The fourth-order valence-electron chi connectivity index (χ4n) is 5.50. The molecule has 5 rings (SSSR count). The molecule has 1 aliphatic carbocycles. The van der Waals surface area contributed by atoms with E-state index in [9.17, 15) is 5.26 Å². The Labute approximate surface area is 198 Å². The van der Waals surface area contributed by atoms with Gasteiger partial charge in [-0.1, -0.05) is 72.8 Å². The average molecular weight is 469 g/mol. The molecule has 1 saturated carbocycles. The van der Waals surface area contributed by atoms with E-state index in [-0.39, 0.29) is 30.0 Å². The Morgan fingerprint density at radius 3 is 2.28 bits per heavy atom. The molecular formula is C25H26Cl2N4O. The molecule has 0 bridgehead atoms. The molecule has 4 N–H and O–H groups in total. The summed E-state index contributed by atoms with van der Waals surface area (Å²) in [6, 6.07) is 16.6. The zero-order valence-corrected chi connectivity index (χ0v) is 19.2. The molecule has 4 atom stereocenters. The summed E-state index contributed by atoms with van der Waals surface area (Å²) in [5, 5.41) is 10.8. The van der Waals surface area contributed by atoms with Gasteiger partial charge in [-0.05, 0) is 47.6 Å². The SMILES string of the molecule is N#CC1=C(N)OC2NNC(c3ccc(C4CCCCC4)cc3)C2C1c1ccc(Cl)c(Cl)c1. The van der Waals surface area contributed by atoms with Crippen LogP contribution in [0.4, 0.5) is 0 Å². The van der Waals surface area contributed by atoms with Crippen LogP contribution in [0.3, 0.4) is 0 Å². The lowest BCUT2D eigenvalue weighted by atomic mass is 9.74. The molecule has 7 heteroatoms. The van der Waals surface area contributed by atoms with Gasteiger partial charge in [0.15, 0.2) is 6.23 Å². The fourth-order valence-corrected chi connectivity index (χ4v) is 5.80. The van der Waals surface area contributed by atoms with Gasteiger partial charge in [-0.25, -0.2) is 10.9 Å². The van der Waals surface area contributed by atoms with Crippen molar-refractivity contribution in [3.8, 4) is 6.07 Å². The number of hydrogen-bond acceptors (Lipinski definition) is 5. The molecule has 3 aliphatic rings. The molecular weight excluding hydrogens is 443 g/mol. The molecule has 2 fully saturated rings. The number of nitrogens with one attached hydrogen (secondary N) is 2. The Morgan fingerprint density at radius 1 is 0.906 bits per heavy atom. The first-order valence-corrected chi connectivity index (χ1v) is 11.9. The summed E-state index contributed by atoms with van der Waals surface area (Å²) in [5.74, 6) is 0.441. The predicted molar refractivity (Wildman–Crippen MR) is 126 cm³/mol. The van der Waals surface area contributed by atoms with Gasteiger partial charge in [-0.15, -0.1) is 0 Å². The van der Waals surface area contributed by atoms with Crippen molar-refractivity contribution in [3.05, 3.63) is 80.7 Å². The quantitative estimate of drug-likeness (QED) is 0.542. The molecule has 5 nitrogen and oxygen atoms in total. The van der Waals surface area contributed by atoms with E-state index >= 15 is 0 Å². The average Bonchev–Trinajstić information content (AvgIpc) is 3.24. The maximum Gasteiger partial charge on any atom is 0.200 e. The van der Waals surface area contributed by atoms with E-state index < -0.39 is 0 Å². The Morgan fingerprint density at radius 2 is 1.59 bits per heavy atom. The van der Waals surface area contributed by atoms with E-state index in [1.54, 1.807) is 6.07 Å². The molecule has 2 aliphatic heterocycles. The molecule has 0 amide bonds. The Bertz CT molecular complexity index is 1070. The van der Waals surface area contributed by atoms with Crippen molar-refractivity contribution >= 4 is 23.2 Å². The van der Waals surface area contributed by atoms with E-state index in [0.29, 0.717) is 21.5 Å². The van der Waals surface area contributed by atoms with Crippen LogP contribution in [0.15, 0.2) is 53.9 Å². The Balaban J connectivity index is 1.50. The first-order valence-electron chi connectivity index (χ1n) is 11.2. The van der Waals surface area contributed by atoms with Crippen LogP contribution in [0.25, 0.3) is 0 Å². The molecule has 166 valence electrons. The molecule has 0 spiro atoms. The van der Waals surface area contributed by atoms with Gasteiger partial charge in [0, 0.05) is 11.8 Å². The normalized spacial score (nSPS) is 28.2. The number of hydrazine groups is 1. The number of nitrogens with two attached hydrogens (primary N) is 1. The van der Waals surface area contributed by atoms with Crippen LogP contribution in [0.2, 0.25) is 10.0 Å². The second-order valence-electron chi connectivity index (χ2n) is 8.92. The molecule has 32 heavy (non-hydrogen) atoms. The van der Waals surface area contributed by atoms with Crippen molar-refractivity contribution in [3.63, 3.8) is 0 Å². The van der Waals surface area contributed by atoms with Crippen molar-refractivity contribution in [1.29, 1.82) is 5.26 Å². The molecule has 2 heterocycles.